The molecule has 0 saturated heterocycles. The third-order valence-electron chi connectivity index (χ3n) is 5.01. The van der Waals surface area contributed by atoms with Gasteiger partial charge in [-0.15, -0.1) is 0 Å². The van der Waals surface area contributed by atoms with Gasteiger partial charge in [-0.3, -0.25) is 4.90 Å². The van der Waals surface area contributed by atoms with Crippen LogP contribution in [0.1, 0.15) is 38.6 Å². The molecule has 174 valence electrons. The quantitative estimate of drug-likeness (QED) is 0.703. The van der Waals surface area contributed by atoms with Gasteiger partial charge in [0.15, 0.2) is 5.82 Å². The van der Waals surface area contributed by atoms with Gasteiger partial charge in [-0.05, 0) is 50.1 Å². The molecule has 1 unspecified atom stereocenters. The number of nitrogens with one attached hydrogen (secondary N) is 1. The Kier molecular flexibility index (Phi) is 5.93. The van der Waals surface area contributed by atoms with Crippen molar-refractivity contribution in [1.29, 1.82) is 0 Å². The van der Waals surface area contributed by atoms with Crippen LogP contribution in [0.25, 0.3) is 5.57 Å². The molecule has 11 heteroatoms. The minimum atomic E-state index is -3.80. The highest BCUT2D eigenvalue weighted by atomic mass is 32.2. The molecule has 1 aromatic heterocycles. The van der Waals surface area contributed by atoms with E-state index in [1.807, 2.05) is 0 Å². The second-order valence-corrected chi connectivity index (χ2v) is 10.3. The number of amides is 1. The Morgan fingerprint density at radius 1 is 1.27 bits per heavy atom. The number of rotatable bonds is 5. The van der Waals surface area contributed by atoms with E-state index in [4.69, 9.17) is 4.74 Å². The van der Waals surface area contributed by atoms with Crippen LogP contribution in [0.15, 0.2) is 69.8 Å². The van der Waals surface area contributed by atoms with E-state index in [1.54, 1.807) is 45.2 Å². The predicted molar refractivity (Wildman–Crippen MR) is 116 cm³/mol. The minimum absolute atomic E-state index is 0.0392. The maximum atomic E-state index is 14.0. The van der Waals surface area contributed by atoms with Gasteiger partial charge in [0.25, 0.3) is 0 Å². The van der Waals surface area contributed by atoms with Crippen LogP contribution in [-0.2, 0) is 21.3 Å². The largest absolute Gasteiger partial charge is 0.443 e. The molecule has 0 saturated carbocycles. The first-order valence-corrected chi connectivity index (χ1v) is 11.7. The van der Waals surface area contributed by atoms with Crippen LogP contribution in [0.5, 0.6) is 0 Å². The molecule has 0 spiro atoms. The van der Waals surface area contributed by atoms with Gasteiger partial charge in [0.1, 0.15) is 11.4 Å². The fourth-order valence-corrected chi connectivity index (χ4v) is 4.52. The molecule has 2 heterocycles. The number of aromatic nitrogens is 2. The van der Waals surface area contributed by atoms with Crippen LogP contribution in [0.3, 0.4) is 0 Å². The standard InChI is InChI=1S/C22H23FN4O5S/c1-22(2,3)32-21(28)27-12-18(17-9-6-15(23)10-19(17)27)14-4-7-16(8-5-14)33(29,30)25-11-20-24-13-31-26-20/h4-9,12-13,19,25H,10-11H2,1-3H3. The summed E-state index contributed by atoms with van der Waals surface area (Å²) in [6, 6.07) is 5.67. The molecule has 1 atom stereocenters. The zero-order valence-corrected chi connectivity index (χ0v) is 19.1. The number of carbonyl (C=O) groups excluding carboxylic acids is 1. The molecule has 1 aliphatic heterocycles. The smallest absolute Gasteiger partial charge is 0.414 e. The van der Waals surface area contributed by atoms with Crippen LogP contribution in [0.4, 0.5) is 9.18 Å². The van der Waals surface area contributed by atoms with E-state index in [9.17, 15) is 17.6 Å². The first-order valence-electron chi connectivity index (χ1n) is 10.2. The van der Waals surface area contributed by atoms with E-state index in [-0.39, 0.29) is 29.5 Å². The summed E-state index contributed by atoms with van der Waals surface area (Å²) in [5, 5.41) is 3.57. The molecule has 0 bridgehead atoms. The summed E-state index contributed by atoms with van der Waals surface area (Å²) < 4.78 is 51.6. The van der Waals surface area contributed by atoms with Crippen molar-refractivity contribution in [2.45, 2.75) is 50.3 Å². The number of nitrogens with zero attached hydrogens (tertiary/aromatic N) is 3. The van der Waals surface area contributed by atoms with Crippen molar-refractivity contribution in [3.05, 3.63) is 71.8 Å². The summed E-state index contributed by atoms with van der Waals surface area (Å²) in [4.78, 5) is 18.0. The maximum absolute atomic E-state index is 14.0. The molecule has 2 aromatic rings. The van der Waals surface area contributed by atoms with E-state index in [0.29, 0.717) is 11.1 Å². The van der Waals surface area contributed by atoms with Gasteiger partial charge in [-0.1, -0.05) is 23.4 Å². The summed E-state index contributed by atoms with van der Waals surface area (Å²) in [6.07, 6.45) is 5.21. The fraction of sp³-hybridized carbons (Fsp3) is 0.318. The summed E-state index contributed by atoms with van der Waals surface area (Å²) >= 11 is 0. The average Bonchev–Trinajstić information content (AvgIpc) is 3.39. The SMILES string of the molecule is CC(C)(C)OC(=O)N1C=C(c2ccc(S(=O)(=O)NCc3ncon3)cc2)C2=CC=C(F)CC21. The number of fused-ring (bicyclic) bond motifs is 1. The lowest BCUT2D eigenvalue weighted by atomic mass is 9.91. The summed E-state index contributed by atoms with van der Waals surface area (Å²) in [5.74, 6) is -0.120. The second kappa shape index (κ2) is 8.56. The van der Waals surface area contributed by atoms with E-state index in [0.717, 1.165) is 12.0 Å². The lowest BCUT2D eigenvalue weighted by Gasteiger charge is -2.29. The summed E-state index contributed by atoms with van der Waals surface area (Å²) in [6.45, 7) is 5.17. The molecule has 2 aliphatic rings. The highest BCUT2D eigenvalue weighted by Gasteiger charge is 2.38. The molecule has 33 heavy (non-hydrogen) atoms. The Morgan fingerprint density at radius 2 is 2.00 bits per heavy atom. The first kappa shape index (κ1) is 22.9. The summed E-state index contributed by atoms with van der Waals surface area (Å²) in [7, 11) is -3.80. The van der Waals surface area contributed by atoms with Crippen molar-refractivity contribution in [3.8, 4) is 0 Å². The number of allylic oxidation sites excluding steroid dienone is 2. The molecule has 4 rings (SSSR count). The fourth-order valence-electron chi connectivity index (χ4n) is 3.54. The van der Waals surface area contributed by atoms with Crippen LogP contribution < -0.4 is 4.72 Å². The van der Waals surface area contributed by atoms with E-state index < -0.39 is 27.8 Å². The molecule has 0 fully saturated rings. The van der Waals surface area contributed by atoms with Crippen LogP contribution in [-0.4, -0.2) is 41.2 Å². The van der Waals surface area contributed by atoms with Crippen LogP contribution >= 0.6 is 0 Å². The van der Waals surface area contributed by atoms with Crippen molar-refractivity contribution < 1.29 is 26.9 Å². The van der Waals surface area contributed by atoms with Crippen LogP contribution in [0.2, 0.25) is 0 Å². The van der Waals surface area contributed by atoms with E-state index >= 15 is 0 Å². The molecular formula is C22H23FN4O5S. The number of hydrogen-bond donors (Lipinski definition) is 1. The number of hydrogen-bond acceptors (Lipinski definition) is 7. The number of sulfonamides is 1. The lowest BCUT2D eigenvalue weighted by Crippen LogP contribution is -2.38. The van der Waals surface area contributed by atoms with Gasteiger partial charge in [0, 0.05) is 18.2 Å². The highest BCUT2D eigenvalue weighted by molar-refractivity contribution is 7.89. The minimum Gasteiger partial charge on any atom is -0.443 e. The molecule has 1 aromatic carbocycles. The second-order valence-electron chi connectivity index (χ2n) is 8.58. The Morgan fingerprint density at radius 3 is 2.64 bits per heavy atom. The topological polar surface area (TPSA) is 115 Å². The van der Waals surface area contributed by atoms with E-state index in [1.165, 1.54) is 23.1 Å². The first-order chi connectivity index (χ1) is 15.5. The van der Waals surface area contributed by atoms with Crippen molar-refractivity contribution >= 4 is 21.7 Å². The maximum Gasteiger partial charge on any atom is 0.414 e. The molecule has 0 radical (unpaired) electrons. The van der Waals surface area contributed by atoms with Gasteiger partial charge in [-0.2, -0.15) is 4.98 Å². The molecule has 9 nitrogen and oxygen atoms in total. The van der Waals surface area contributed by atoms with Crippen LogP contribution in [0, 0.1) is 0 Å². The highest BCUT2D eigenvalue weighted by Crippen LogP contribution is 2.41. The van der Waals surface area contributed by atoms with Gasteiger partial charge < -0.3 is 9.26 Å². The van der Waals surface area contributed by atoms with Crippen molar-refractivity contribution in [2.75, 3.05) is 0 Å². The number of ether oxygens (including phenoxy) is 1. The van der Waals surface area contributed by atoms with Gasteiger partial charge in [0.2, 0.25) is 16.4 Å². The number of halogens is 1. The third-order valence-corrected chi connectivity index (χ3v) is 6.43. The Labute approximate surface area is 190 Å². The van der Waals surface area contributed by atoms with E-state index in [2.05, 4.69) is 19.4 Å². The Balaban J connectivity index is 1.59. The van der Waals surface area contributed by atoms with Gasteiger partial charge in [-0.25, -0.2) is 22.3 Å². The molecule has 1 N–H and O–H groups in total. The molecule has 1 aliphatic carbocycles. The summed E-state index contributed by atoms with van der Waals surface area (Å²) in [5.41, 5.74) is 1.43. The predicted octanol–water partition coefficient (Wildman–Crippen LogP) is 3.69. The zero-order chi connectivity index (χ0) is 23.8. The van der Waals surface area contributed by atoms with Crippen molar-refractivity contribution in [2.24, 2.45) is 0 Å². The average molecular weight is 475 g/mol. The van der Waals surface area contributed by atoms with Gasteiger partial charge in [0.05, 0.1) is 17.5 Å². The molecular weight excluding hydrogens is 451 g/mol. The number of benzene rings is 1. The molecule has 1 amide bonds. The monoisotopic (exact) mass is 474 g/mol. The Bertz CT molecular complexity index is 1240. The lowest BCUT2D eigenvalue weighted by molar-refractivity contribution is 0.0301. The normalized spacial score (nSPS) is 18.4. The third kappa shape index (κ3) is 5.04. The van der Waals surface area contributed by atoms with Crippen molar-refractivity contribution in [3.63, 3.8) is 0 Å². The Hall–Kier alpha value is -3.31. The van der Waals surface area contributed by atoms with Crippen molar-refractivity contribution in [1.82, 2.24) is 19.8 Å². The zero-order valence-electron chi connectivity index (χ0n) is 18.3. The van der Waals surface area contributed by atoms with Gasteiger partial charge >= 0.3 is 6.09 Å². The number of carbonyl (C=O) groups is 1.